The van der Waals surface area contributed by atoms with Crippen molar-refractivity contribution in [3.05, 3.63) is 93.0 Å². The summed E-state index contributed by atoms with van der Waals surface area (Å²) in [6.07, 6.45) is 3.15. The van der Waals surface area contributed by atoms with E-state index in [4.69, 9.17) is 0 Å². The van der Waals surface area contributed by atoms with Gasteiger partial charge in [0, 0.05) is 24.3 Å². The van der Waals surface area contributed by atoms with Gasteiger partial charge in [0.2, 0.25) is 0 Å². The lowest BCUT2D eigenvalue weighted by Gasteiger charge is -1.91. The van der Waals surface area contributed by atoms with E-state index in [-0.39, 0.29) is 11.4 Å². The molecule has 0 heterocycles. The third-order valence-corrected chi connectivity index (χ3v) is 2.63. The van der Waals surface area contributed by atoms with E-state index in [0.29, 0.717) is 0 Å². The Morgan fingerprint density at radius 3 is 1.41 bits per heavy atom. The molecule has 22 heavy (non-hydrogen) atoms. The molecule has 0 aliphatic heterocycles. The Bertz CT molecular complexity index is 649. The molecule has 2 aromatic carbocycles. The van der Waals surface area contributed by atoms with E-state index in [9.17, 15) is 20.2 Å². The molecule has 2 rings (SSSR count). The van der Waals surface area contributed by atoms with Crippen LogP contribution in [0.5, 0.6) is 0 Å². The summed E-state index contributed by atoms with van der Waals surface area (Å²) >= 11 is 0. The van der Waals surface area contributed by atoms with Crippen molar-refractivity contribution >= 4 is 23.5 Å². The van der Waals surface area contributed by atoms with E-state index in [2.05, 4.69) is 13.2 Å². The summed E-state index contributed by atoms with van der Waals surface area (Å²) in [6.45, 7) is 7.02. The highest BCUT2D eigenvalue weighted by Crippen LogP contribution is 2.13. The minimum absolute atomic E-state index is 0.0994. The average molecular weight is 298 g/mol. The van der Waals surface area contributed by atoms with Gasteiger partial charge < -0.3 is 0 Å². The second-order valence-electron chi connectivity index (χ2n) is 4.11. The Morgan fingerprint density at radius 2 is 1.14 bits per heavy atom. The maximum atomic E-state index is 10.2. The molecular formula is C16H14N2O4. The largest absolute Gasteiger partial charge is 0.270 e. The summed E-state index contributed by atoms with van der Waals surface area (Å²) < 4.78 is 0. The van der Waals surface area contributed by atoms with E-state index in [1.165, 1.54) is 24.3 Å². The van der Waals surface area contributed by atoms with Crippen molar-refractivity contribution in [3.8, 4) is 0 Å². The summed E-state index contributed by atoms with van der Waals surface area (Å²) in [4.78, 5) is 19.6. The van der Waals surface area contributed by atoms with Gasteiger partial charge in [0.25, 0.3) is 11.4 Å². The van der Waals surface area contributed by atoms with Crippen molar-refractivity contribution in [2.24, 2.45) is 0 Å². The van der Waals surface area contributed by atoms with Crippen molar-refractivity contribution in [2.45, 2.75) is 0 Å². The Morgan fingerprint density at radius 1 is 0.773 bits per heavy atom. The fraction of sp³-hybridized carbons (Fsp3) is 0. The van der Waals surface area contributed by atoms with Crippen LogP contribution in [-0.4, -0.2) is 9.85 Å². The summed E-state index contributed by atoms with van der Waals surface area (Å²) in [6, 6.07) is 12.7. The minimum atomic E-state index is -0.424. The molecule has 0 aromatic heterocycles. The number of nitrogens with zero attached hydrogens (tertiary/aromatic N) is 2. The van der Waals surface area contributed by atoms with Crippen molar-refractivity contribution < 1.29 is 9.85 Å². The lowest BCUT2D eigenvalue weighted by atomic mass is 10.2. The Balaban J connectivity index is 0.000000220. The van der Waals surface area contributed by atoms with E-state index in [1.54, 1.807) is 36.4 Å². The average Bonchev–Trinajstić information content (AvgIpc) is 2.55. The molecule has 0 amide bonds. The Hall–Kier alpha value is -3.28. The molecule has 0 radical (unpaired) electrons. The summed E-state index contributed by atoms with van der Waals surface area (Å²) in [5, 5.41) is 20.5. The number of nitro benzene ring substituents is 2. The van der Waals surface area contributed by atoms with E-state index in [1.807, 2.05) is 0 Å². The van der Waals surface area contributed by atoms with Crippen LogP contribution in [0.3, 0.4) is 0 Å². The summed E-state index contributed by atoms with van der Waals surface area (Å²) in [7, 11) is 0. The molecule has 112 valence electrons. The lowest BCUT2D eigenvalue weighted by molar-refractivity contribution is -0.385. The number of rotatable bonds is 4. The molecule has 0 spiro atoms. The van der Waals surface area contributed by atoms with Crippen LogP contribution in [0.4, 0.5) is 11.4 Å². The molecule has 0 saturated carbocycles. The molecule has 0 aliphatic carbocycles. The van der Waals surface area contributed by atoms with Crippen LogP contribution in [-0.2, 0) is 0 Å². The molecule has 0 saturated heterocycles. The van der Waals surface area contributed by atoms with Crippen LogP contribution < -0.4 is 0 Å². The van der Waals surface area contributed by atoms with Gasteiger partial charge in [-0.2, -0.15) is 0 Å². The molecule has 6 heteroatoms. The van der Waals surface area contributed by atoms with Crippen molar-refractivity contribution in [2.75, 3.05) is 0 Å². The van der Waals surface area contributed by atoms with Gasteiger partial charge >= 0.3 is 0 Å². The fourth-order valence-corrected chi connectivity index (χ4v) is 1.53. The predicted octanol–water partition coefficient (Wildman–Crippen LogP) is 4.48. The highest BCUT2D eigenvalue weighted by Gasteiger charge is 2.03. The van der Waals surface area contributed by atoms with Crippen LogP contribution in [0.25, 0.3) is 12.2 Å². The van der Waals surface area contributed by atoms with Crippen LogP contribution in [0.2, 0.25) is 0 Å². The van der Waals surface area contributed by atoms with Gasteiger partial charge in [-0.15, -0.1) is 0 Å². The first-order valence-electron chi connectivity index (χ1n) is 6.21. The molecule has 0 unspecified atom stereocenters. The first-order valence-corrected chi connectivity index (χ1v) is 6.21. The number of hydrogen-bond donors (Lipinski definition) is 0. The van der Waals surface area contributed by atoms with E-state index in [0.717, 1.165) is 11.1 Å². The SMILES string of the molecule is C=Cc1cccc([N+](=O)[O-])c1.C=Cc1cccc([N+](=O)[O-])c1. The highest BCUT2D eigenvalue weighted by molar-refractivity contribution is 5.52. The lowest BCUT2D eigenvalue weighted by Crippen LogP contribution is -1.86. The monoisotopic (exact) mass is 298 g/mol. The molecular weight excluding hydrogens is 284 g/mol. The van der Waals surface area contributed by atoms with Crippen LogP contribution in [0.15, 0.2) is 61.7 Å². The van der Waals surface area contributed by atoms with Crippen molar-refractivity contribution in [1.29, 1.82) is 0 Å². The van der Waals surface area contributed by atoms with Gasteiger partial charge in [0.05, 0.1) is 9.85 Å². The smallest absolute Gasteiger partial charge is 0.258 e. The second kappa shape index (κ2) is 8.11. The summed E-state index contributed by atoms with van der Waals surface area (Å²) in [5.74, 6) is 0. The third-order valence-electron chi connectivity index (χ3n) is 2.63. The molecule has 6 nitrogen and oxygen atoms in total. The number of benzene rings is 2. The van der Waals surface area contributed by atoms with Gasteiger partial charge in [-0.1, -0.05) is 49.6 Å². The van der Waals surface area contributed by atoms with Crippen molar-refractivity contribution in [3.63, 3.8) is 0 Å². The molecule has 0 fully saturated rings. The van der Waals surface area contributed by atoms with E-state index < -0.39 is 9.85 Å². The Labute approximate surface area is 127 Å². The first-order chi connectivity index (χ1) is 10.5. The quantitative estimate of drug-likeness (QED) is 0.615. The standard InChI is InChI=1S/2C8H7NO2/c2*1-2-7-4-3-5-8(6-7)9(10)11/h2*2-6H,1H2. The fourth-order valence-electron chi connectivity index (χ4n) is 1.53. The van der Waals surface area contributed by atoms with Crippen LogP contribution in [0.1, 0.15) is 11.1 Å². The van der Waals surface area contributed by atoms with Crippen molar-refractivity contribution in [1.82, 2.24) is 0 Å². The van der Waals surface area contributed by atoms with Gasteiger partial charge in [-0.05, 0) is 11.1 Å². The van der Waals surface area contributed by atoms with Gasteiger partial charge in [0.15, 0.2) is 0 Å². The Kier molecular flexibility index (Phi) is 6.18. The normalized spacial score (nSPS) is 9.09. The zero-order chi connectivity index (χ0) is 16.5. The number of hydrogen-bond acceptors (Lipinski definition) is 4. The second-order valence-corrected chi connectivity index (χ2v) is 4.11. The van der Waals surface area contributed by atoms with Gasteiger partial charge in [-0.3, -0.25) is 20.2 Å². The zero-order valence-corrected chi connectivity index (χ0v) is 11.7. The number of non-ortho nitro benzene ring substituents is 2. The molecule has 0 aliphatic rings. The van der Waals surface area contributed by atoms with Crippen LogP contribution in [0, 0.1) is 20.2 Å². The molecule has 0 N–H and O–H groups in total. The topological polar surface area (TPSA) is 86.3 Å². The molecule has 2 aromatic rings. The zero-order valence-electron chi connectivity index (χ0n) is 11.7. The maximum Gasteiger partial charge on any atom is 0.270 e. The third kappa shape index (κ3) is 5.01. The maximum absolute atomic E-state index is 10.2. The predicted molar refractivity (Wildman–Crippen MR) is 86.4 cm³/mol. The highest BCUT2D eigenvalue weighted by atomic mass is 16.6. The first kappa shape index (κ1) is 16.8. The summed E-state index contributed by atoms with van der Waals surface area (Å²) in [5.41, 5.74) is 1.73. The van der Waals surface area contributed by atoms with Crippen LogP contribution >= 0.6 is 0 Å². The molecule has 0 atom stereocenters. The van der Waals surface area contributed by atoms with E-state index >= 15 is 0 Å². The minimum Gasteiger partial charge on any atom is -0.258 e. The number of nitro groups is 2. The van der Waals surface area contributed by atoms with Gasteiger partial charge in [-0.25, -0.2) is 0 Å². The van der Waals surface area contributed by atoms with Gasteiger partial charge in [0.1, 0.15) is 0 Å². The molecule has 0 bridgehead atoms.